The molecule has 1 N–H and O–H groups in total. The van der Waals surface area contributed by atoms with Gasteiger partial charge in [-0.25, -0.2) is 0 Å². The summed E-state index contributed by atoms with van der Waals surface area (Å²) < 4.78 is 0.946. The zero-order valence-corrected chi connectivity index (χ0v) is 9.56. The molecule has 0 aliphatic rings. The predicted octanol–water partition coefficient (Wildman–Crippen LogP) is 3.31. The van der Waals surface area contributed by atoms with E-state index in [-0.39, 0.29) is 5.75 Å². The summed E-state index contributed by atoms with van der Waals surface area (Å²) >= 11 is 4.94. The Morgan fingerprint density at radius 3 is 2.86 bits per heavy atom. The number of rotatable bonds is 2. The van der Waals surface area contributed by atoms with Crippen LogP contribution in [-0.4, -0.2) is 11.4 Å². The first kappa shape index (κ1) is 9.68. The molecule has 72 valence electrons. The van der Waals surface area contributed by atoms with Gasteiger partial charge in [-0.1, -0.05) is 15.9 Å². The van der Waals surface area contributed by atoms with Gasteiger partial charge in [0.25, 0.3) is 0 Å². The third-order valence-electron chi connectivity index (χ3n) is 1.96. The van der Waals surface area contributed by atoms with Crippen LogP contribution < -0.4 is 0 Å². The fourth-order valence-corrected chi connectivity index (χ4v) is 2.85. The maximum atomic E-state index is 10.8. The zero-order chi connectivity index (χ0) is 10.1. The van der Waals surface area contributed by atoms with Crippen molar-refractivity contribution in [3.8, 4) is 5.75 Å². The van der Waals surface area contributed by atoms with Gasteiger partial charge in [0.05, 0.1) is 0 Å². The van der Waals surface area contributed by atoms with Gasteiger partial charge >= 0.3 is 0 Å². The van der Waals surface area contributed by atoms with Gasteiger partial charge < -0.3 is 5.11 Å². The number of carbonyl (C=O) groups excluding carboxylic acids is 1. The van der Waals surface area contributed by atoms with Crippen molar-refractivity contribution >= 4 is 43.6 Å². The monoisotopic (exact) mass is 270 g/mol. The van der Waals surface area contributed by atoms with Crippen molar-refractivity contribution in [1.29, 1.82) is 0 Å². The molecular weight excluding hydrogens is 264 g/mol. The molecule has 2 nitrogen and oxygen atoms in total. The molecule has 2 aromatic rings. The predicted molar refractivity (Wildman–Crippen MR) is 61.5 cm³/mol. The Morgan fingerprint density at radius 2 is 2.21 bits per heavy atom. The number of phenols is 1. The molecule has 1 heterocycles. The van der Waals surface area contributed by atoms with E-state index < -0.39 is 0 Å². The second kappa shape index (κ2) is 3.71. The second-order valence-electron chi connectivity index (χ2n) is 2.91. The Morgan fingerprint density at radius 1 is 1.43 bits per heavy atom. The first-order valence-corrected chi connectivity index (χ1v) is 5.95. The van der Waals surface area contributed by atoms with Crippen LogP contribution >= 0.6 is 27.3 Å². The number of thiophene rings is 1. The van der Waals surface area contributed by atoms with Gasteiger partial charge in [-0.05, 0) is 18.2 Å². The number of aromatic hydroxyl groups is 1. The first-order valence-electron chi connectivity index (χ1n) is 4.01. The number of hydrogen-bond donors (Lipinski definition) is 1. The maximum absolute atomic E-state index is 10.8. The number of carbonyl (C=O) groups is 1. The third kappa shape index (κ3) is 1.55. The number of phenolic OH excluding ortho intramolecular Hbond substituents is 1. The van der Waals surface area contributed by atoms with E-state index in [2.05, 4.69) is 15.9 Å². The Kier molecular flexibility index (Phi) is 2.56. The Bertz CT molecular complexity index is 490. The van der Waals surface area contributed by atoms with Gasteiger partial charge in [-0.3, -0.25) is 4.79 Å². The molecule has 0 saturated heterocycles. The smallest absolute Gasteiger partial charge is 0.150 e. The topological polar surface area (TPSA) is 37.3 Å². The fourth-order valence-electron chi connectivity index (χ4n) is 1.37. The van der Waals surface area contributed by atoms with Crippen molar-refractivity contribution in [3.63, 3.8) is 0 Å². The lowest BCUT2D eigenvalue weighted by atomic mass is 10.1. The molecule has 4 heteroatoms. The van der Waals surface area contributed by atoms with Crippen LogP contribution in [0.1, 0.15) is 15.2 Å². The summed E-state index contributed by atoms with van der Waals surface area (Å²) in [6, 6.07) is 5.14. The van der Waals surface area contributed by atoms with E-state index in [4.69, 9.17) is 0 Å². The van der Waals surface area contributed by atoms with Crippen LogP contribution in [0.15, 0.2) is 18.2 Å². The number of halogens is 1. The molecule has 0 amide bonds. The zero-order valence-electron chi connectivity index (χ0n) is 7.16. The molecule has 0 fully saturated rings. The molecule has 0 saturated carbocycles. The summed E-state index contributed by atoms with van der Waals surface area (Å²) in [6.07, 6.45) is 0.771. The first-order chi connectivity index (χ1) is 6.74. The fraction of sp³-hybridized carbons (Fsp3) is 0.100. The Hall–Kier alpha value is -0.870. The van der Waals surface area contributed by atoms with Gasteiger partial charge in [0.1, 0.15) is 5.75 Å². The summed E-state index contributed by atoms with van der Waals surface area (Å²) in [4.78, 5) is 11.9. The van der Waals surface area contributed by atoms with Crippen molar-refractivity contribution in [2.45, 2.75) is 5.33 Å². The molecule has 2 rings (SSSR count). The molecular formula is C10H7BrO2S. The molecule has 0 radical (unpaired) electrons. The summed E-state index contributed by atoms with van der Waals surface area (Å²) in [7, 11) is 0. The molecule has 14 heavy (non-hydrogen) atoms. The van der Waals surface area contributed by atoms with Gasteiger partial charge in [0, 0.05) is 25.9 Å². The highest BCUT2D eigenvalue weighted by atomic mass is 79.9. The van der Waals surface area contributed by atoms with Crippen LogP contribution in [0.5, 0.6) is 5.75 Å². The summed E-state index contributed by atoms with van der Waals surface area (Å²) in [5.41, 5.74) is 0.545. The number of fused-ring (bicyclic) bond motifs is 1. The molecule has 0 atom stereocenters. The summed E-state index contributed by atoms with van der Waals surface area (Å²) in [5, 5.41) is 11.0. The third-order valence-corrected chi connectivity index (χ3v) is 4.02. The minimum Gasteiger partial charge on any atom is -0.508 e. The Balaban J connectivity index is 2.77. The van der Waals surface area contributed by atoms with Crippen LogP contribution in [0.4, 0.5) is 0 Å². The molecule has 0 spiro atoms. The van der Waals surface area contributed by atoms with Gasteiger partial charge in [-0.15, -0.1) is 11.3 Å². The van der Waals surface area contributed by atoms with Crippen LogP contribution in [-0.2, 0) is 5.33 Å². The number of aldehydes is 1. The van der Waals surface area contributed by atoms with E-state index in [0.29, 0.717) is 5.56 Å². The summed E-state index contributed by atoms with van der Waals surface area (Å²) in [6.45, 7) is 0. The molecule has 0 aliphatic heterocycles. The maximum Gasteiger partial charge on any atom is 0.150 e. The molecule has 1 aromatic carbocycles. The highest BCUT2D eigenvalue weighted by molar-refractivity contribution is 9.08. The van der Waals surface area contributed by atoms with E-state index in [1.54, 1.807) is 17.4 Å². The highest BCUT2D eigenvalue weighted by Crippen LogP contribution is 2.32. The lowest BCUT2D eigenvalue weighted by Gasteiger charge is -1.95. The molecule has 0 bridgehead atoms. The standard InChI is InChI=1S/C10H7BrO2S/c11-4-8-3-9-6(5-12)1-7(13)2-10(9)14-8/h1-3,5,13H,4H2. The van der Waals surface area contributed by atoms with Crippen LogP contribution in [0.2, 0.25) is 0 Å². The van der Waals surface area contributed by atoms with Crippen molar-refractivity contribution in [2.75, 3.05) is 0 Å². The number of benzene rings is 1. The van der Waals surface area contributed by atoms with Gasteiger partial charge in [-0.2, -0.15) is 0 Å². The van der Waals surface area contributed by atoms with E-state index in [0.717, 1.165) is 26.6 Å². The normalized spacial score (nSPS) is 10.6. The SMILES string of the molecule is O=Cc1cc(O)cc2sc(CBr)cc12. The second-order valence-corrected chi connectivity index (χ2v) is 4.64. The van der Waals surface area contributed by atoms with Crippen LogP contribution in [0, 0.1) is 0 Å². The molecule has 1 aromatic heterocycles. The van der Waals surface area contributed by atoms with E-state index in [1.807, 2.05) is 6.07 Å². The van der Waals surface area contributed by atoms with Gasteiger partial charge in [0.15, 0.2) is 6.29 Å². The highest BCUT2D eigenvalue weighted by Gasteiger charge is 2.07. The lowest BCUT2D eigenvalue weighted by Crippen LogP contribution is -1.79. The largest absolute Gasteiger partial charge is 0.508 e. The van der Waals surface area contributed by atoms with E-state index in [1.165, 1.54) is 6.07 Å². The minimum absolute atomic E-state index is 0.141. The number of hydrogen-bond acceptors (Lipinski definition) is 3. The average molecular weight is 271 g/mol. The van der Waals surface area contributed by atoms with Crippen molar-refractivity contribution in [2.24, 2.45) is 0 Å². The van der Waals surface area contributed by atoms with Gasteiger partial charge in [0.2, 0.25) is 0 Å². The Labute approximate surface area is 93.3 Å². The van der Waals surface area contributed by atoms with Crippen LogP contribution in [0.3, 0.4) is 0 Å². The quantitative estimate of drug-likeness (QED) is 0.672. The minimum atomic E-state index is 0.141. The van der Waals surface area contributed by atoms with Crippen molar-refractivity contribution in [1.82, 2.24) is 0 Å². The summed E-state index contributed by atoms with van der Waals surface area (Å²) in [5.74, 6) is 0.141. The van der Waals surface area contributed by atoms with E-state index >= 15 is 0 Å². The van der Waals surface area contributed by atoms with Crippen LogP contribution in [0.25, 0.3) is 10.1 Å². The molecule has 0 unspecified atom stereocenters. The van der Waals surface area contributed by atoms with E-state index in [9.17, 15) is 9.90 Å². The average Bonchev–Trinajstić information content (AvgIpc) is 2.59. The van der Waals surface area contributed by atoms with Crippen molar-refractivity contribution in [3.05, 3.63) is 28.6 Å². The van der Waals surface area contributed by atoms with Crippen molar-refractivity contribution < 1.29 is 9.90 Å². The lowest BCUT2D eigenvalue weighted by molar-refractivity contribution is 0.112. The molecule has 0 aliphatic carbocycles. The number of alkyl halides is 1.